The molecule has 2 aromatic rings. The molecule has 0 radical (unpaired) electrons. The minimum atomic E-state index is -0.542. The molecule has 0 aliphatic carbocycles. The van der Waals surface area contributed by atoms with Crippen LogP contribution >= 0.6 is 0 Å². The van der Waals surface area contributed by atoms with Gasteiger partial charge in [0.1, 0.15) is 22.2 Å². The third kappa shape index (κ3) is 2.68. The Bertz CT molecular complexity index is 585. The molecule has 0 bridgehead atoms. The molecule has 0 amide bonds. The molecule has 1 atom stereocenters. The summed E-state index contributed by atoms with van der Waals surface area (Å²) in [5.41, 5.74) is 0.934. The Morgan fingerprint density at radius 3 is 2.58 bits per heavy atom. The summed E-state index contributed by atoms with van der Waals surface area (Å²) >= 11 is 0. The van der Waals surface area contributed by atoms with Gasteiger partial charge in [0.25, 0.3) is 0 Å². The van der Waals surface area contributed by atoms with Crippen molar-refractivity contribution in [2.75, 3.05) is 6.54 Å². The van der Waals surface area contributed by atoms with Crippen molar-refractivity contribution in [3.8, 4) is 0 Å². The van der Waals surface area contributed by atoms with Gasteiger partial charge in [-0.15, -0.1) is 0 Å². The normalized spacial score (nSPS) is 12.6. The molecule has 2 rings (SSSR count). The van der Waals surface area contributed by atoms with Crippen LogP contribution < -0.4 is 5.32 Å². The maximum absolute atomic E-state index is 10.7. The average molecular weight is 264 g/mol. The predicted octanol–water partition coefficient (Wildman–Crippen LogP) is 3.10. The van der Waals surface area contributed by atoms with Crippen LogP contribution in [0.1, 0.15) is 35.8 Å². The van der Waals surface area contributed by atoms with Gasteiger partial charge in [0.2, 0.25) is 0 Å². The van der Waals surface area contributed by atoms with Crippen molar-refractivity contribution in [2.24, 2.45) is 0 Å². The average Bonchev–Trinajstić information content (AvgIpc) is 2.93. The molecule has 19 heavy (non-hydrogen) atoms. The first-order valence-corrected chi connectivity index (χ1v) is 6.07. The summed E-state index contributed by atoms with van der Waals surface area (Å²) in [7, 11) is 0. The van der Waals surface area contributed by atoms with Crippen LogP contribution in [-0.4, -0.2) is 11.5 Å². The molecule has 0 spiro atoms. The molecule has 6 heteroatoms. The monoisotopic (exact) mass is 264 g/mol. The fraction of sp³-hybridized carbons (Fsp3) is 0.385. The number of hydrogen-bond donors (Lipinski definition) is 1. The lowest BCUT2D eigenvalue weighted by atomic mass is 10.1. The topological polar surface area (TPSA) is 81.5 Å². The van der Waals surface area contributed by atoms with Crippen LogP contribution in [0.5, 0.6) is 0 Å². The summed E-state index contributed by atoms with van der Waals surface area (Å²) in [4.78, 5) is 10.1. The molecule has 1 unspecified atom stereocenters. The Labute approximate surface area is 110 Å². The number of nitrogens with zero attached hydrogens (tertiary/aromatic N) is 1. The highest BCUT2D eigenvalue weighted by Gasteiger charge is 2.23. The fourth-order valence-corrected chi connectivity index (χ4v) is 2.10. The number of nitrogens with one attached hydrogen (secondary N) is 1. The van der Waals surface area contributed by atoms with E-state index in [0.29, 0.717) is 12.3 Å². The van der Waals surface area contributed by atoms with Gasteiger partial charge in [0.15, 0.2) is 0 Å². The number of rotatable bonds is 5. The summed E-state index contributed by atoms with van der Waals surface area (Å²) in [6.07, 6.45) is 0. The summed E-state index contributed by atoms with van der Waals surface area (Å²) in [5, 5.41) is 13.9. The molecule has 2 aromatic heterocycles. The van der Waals surface area contributed by atoms with E-state index in [1.54, 1.807) is 6.07 Å². The molecular formula is C13H16N2O4. The van der Waals surface area contributed by atoms with Crippen LogP contribution in [-0.2, 0) is 0 Å². The van der Waals surface area contributed by atoms with E-state index in [1.165, 1.54) is 6.07 Å². The molecule has 1 N–H and O–H groups in total. The fourth-order valence-electron chi connectivity index (χ4n) is 2.10. The number of furan rings is 2. The maximum Gasteiger partial charge on any atom is 0.433 e. The first-order valence-electron chi connectivity index (χ1n) is 6.07. The standard InChI is InChI=1S/C13H16N2O4/c1-4-14-13(10-7-8(2)18-9(10)3)11-5-6-12(19-11)15(16)17/h5-7,13-14H,4H2,1-3H3. The molecule has 0 fully saturated rings. The van der Waals surface area contributed by atoms with Gasteiger partial charge in [-0.2, -0.15) is 0 Å². The second-order valence-electron chi connectivity index (χ2n) is 4.29. The Balaban J connectivity index is 2.39. The summed E-state index contributed by atoms with van der Waals surface area (Å²) in [5.74, 6) is 1.84. The molecule has 0 saturated heterocycles. The minimum absolute atomic E-state index is 0.240. The minimum Gasteiger partial charge on any atom is -0.466 e. The van der Waals surface area contributed by atoms with Gasteiger partial charge in [0.05, 0.1) is 12.1 Å². The van der Waals surface area contributed by atoms with Crippen molar-refractivity contribution >= 4 is 5.88 Å². The van der Waals surface area contributed by atoms with Crippen molar-refractivity contribution in [1.29, 1.82) is 0 Å². The van der Waals surface area contributed by atoms with E-state index in [-0.39, 0.29) is 11.9 Å². The molecule has 102 valence electrons. The molecule has 6 nitrogen and oxygen atoms in total. The summed E-state index contributed by atoms with van der Waals surface area (Å²) in [6.45, 7) is 6.41. The molecule has 0 saturated carbocycles. The molecule has 0 aliphatic rings. The molecule has 0 aromatic carbocycles. The van der Waals surface area contributed by atoms with Crippen molar-refractivity contribution in [3.05, 3.63) is 51.2 Å². The summed E-state index contributed by atoms with van der Waals surface area (Å²) in [6, 6.07) is 4.66. The largest absolute Gasteiger partial charge is 0.466 e. The third-order valence-electron chi connectivity index (χ3n) is 2.88. The lowest BCUT2D eigenvalue weighted by Crippen LogP contribution is -2.21. The van der Waals surface area contributed by atoms with Crippen LogP contribution in [0, 0.1) is 24.0 Å². The zero-order chi connectivity index (χ0) is 14.0. The zero-order valence-corrected chi connectivity index (χ0v) is 11.1. The lowest BCUT2D eigenvalue weighted by Gasteiger charge is -2.14. The Hall–Kier alpha value is -2.08. The van der Waals surface area contributed by atoms with E-state index in [0.717, 1.165) is 17.1 Å². The number of nitro groups is 1. The quantitative estimate of drug-likeness (QED) is 0.662. The first kappa shape index (κ1) is 13.4. The van der Waals surface area contributed by atoms with Gasteiger partial charge < -0.3 is 14.2 Å². The molecular weight excluding hydrogens is 248 g/mol. The third-order valence-corrected chi connectivity index (χ3v) is 2.88. The summed E-state index contributed by atoms with van der Waals surface area (Å²) < 4.78 is 10.8. The second-order valence-corrected chi connectivity index (χ2v) is 4.29. The van der Waals surface area contributed by atoms with Crippen molar-refractivity contribution in [1.82, 2.24) is 5.32 Å². The second kappa shape index (κ2) is 5.27. The van der Waals surface area contributed by atoms with Crippen molar-refractivity contribution in [2.45, 2.75) is 26.8 Å². The van der Waals surface area contributed by atoms with E-state index < -0.39 is 4.92 Å². The zero-order valence-electron chi connectivity index (χ0n) is 11.1. The van der Waals surface area contributed by atoms with E-state index in [2.05, 4.69) is 5.32 Å². The Morgan fingerprint density at radius 2 is 2.11 bits per heavy atom. The van der Waals surface area contributed by atoms with Crippen LogP contribution in [0.4, 0.5) is 5.88 Å². The van der Waals surface area contributed by atoms with Gasteiger partial charge >= 0.3 is 5.88 Å². The maximum atomic E-state index is 10.7. The highest BCUT2D eigenvalue weighted by atomic mass is 16.6. The molecule has 0 aliphatic heterocycles. The highest BCUT2D eigenvalue weighted by molar-refractivity contribution is 5.32. The van der Waals surface area contributed by atoms with Gasteiger partial charge in [-0.25, -0.2) is 0 Å². The van der Waals surface area contributed by atoms with E-state index >= 15 is 0 Å². The van der Waals surface area contributed by atoms with Crippen molar-refractivity contribution < 1.29 is 13.8 Å². The van der Waals surface area contributed by atoms with Crippen LogP contribution in [0.15, 0.2) is 27.0 Å². The number of aryl methyl sites for hydroxylation is 2. The van der Waals surface area contributed by atoms with Gasteiger partial charge in [-0.1, -0.05) is 6.92 Å². The first-order chi connectivity index (χ1) is 9.02. The highest BCUT2D eigenvalue weighted by Crippen LogP contribution is 2.30. The number of hydrogen-bond acceptors (Lipinski definition) is 5. The van der Waals surface area contributed by atoms with E-state index in [9.17, 15) is 10.1 Å². The Kier molecular flexibility index (Phi) is 3.71. The smallest absolute Gasteiger partial charge is 0.433 e. The molecule has 2 heterocycles. The van der Waals surface area contributed by atoms with Crippen LogP contribution in [0.3, 0.4) is 0 Å². The van der Waals surface area contributed by atoms with Gasteiger partial charge in [0, 0.05) is 5.56 Å². The lowest BCUT2D eigenvalue weighted by molar-refractivity contribution is -0.402. The van der Waals surface area contributed by atoms with Crippen LogP contribution in [0.2, 0.25) is 0 Å². The van der Waals surface area contributed by atoms with Gasteiger partial charge in [-0.3, -0.25) is 10.1 Å². The SMILES string of the molecule is CCNC(c1ccc([N+](=O)[O-])o1)c1cc(C)oc1C. The van der Waals surface area contributed by atoms with Gasteiger partial charge in [-0.05, 0) is 32.5 Å². The Morgan fingerprint density at radius 1 is 1.37 bits per heavy atom. The van der Waals surface area contributed by atoms with E-state index in [4.69, 9.17) is 8.83 Å². The predicted molar refractivity (Wildman–Crippen MR) is 69.1 cm³/mol. The van der Waals surface area contributed by atoms with Crippen LogP contribution in [0.25, 0.3) is 0 Å². The van der Waals surface area contributed by atoms with Crippen molar-refractivity contribution in [3.63, 3.8) is 0 Å². The van der Waals surface area contributed by atoms with E-state index in [1.807, 2.05) is 26.8 Å².